The lowest BCUT2D eigenvalue weighted by atomic mass is 10.1. The molecule has 1 amide bonds. The number of hydrogen-bond acceptors (Lipinski definition) is 8. The first kappa shape index (κ1) is 17.8. The Kier molecular flexibility index (Phi) is 5.40. The van der Waals surface area contributed by atoms with Gasteiger partial charge in [-0.3, -0.25) is 4.79 Å². The van der Waals surface area contributed by atoms with Gasteiger partial charge in [0, 0.05) is 15.8 Å². The molecule has 0 radical (unpaired) electrons. The van der Waals surface area contributed by atoms with Crippen LogP contribution in [0.25, 0.3) is 10.4 Å². The first-order valence-corrected chi connectivity index (χ1v) is 9.30. The first-order valence-electron chi connectivity index (χ1n) is 7.54. The van der Waals surface area contributed by atoms with E-state index < -0.39 is 5.97 Å². The second kappa shape index (κ2) is 7.90. The number of hydrogen-bond donors (Lipinski definition) is 1. The summed E-state index contributed by atoms with van der Waals surface area (Å²) in [4.78, 5) is 29.3. The minimum atomic E-state index is -0.486. The number of aromatic nitrogens is 3. The van der Waals surface area contributed by atoms with Crippen LogP contribution < -0.4 is 5.32 Å². The zero-order chi connectivity index (χ0) is 18.5. The Morgan fingerprint density at radius 3 is 2.92 bits per heavy atom. The third-order valence-corrected chi connectivity index (χ3v) is 5.05. The van der Waals surface area contributed by atoms with Crippen molar-refractivity contribution < 1.29 is 14.3 Å². The van der Waals surface area contributed by atoms with Gasteiger partial charge in [0.05, 0.1) is 6.61 Å². The van der Waals surface area contributed by atoms with Crippen LogP contribution >= 0.6 is 22.7 Å². The Labute approximate surface area is 156 Å². The summed E-state index contributed by atoms with van der Waals surface area (Å²) in [5.74, 6) is -0.884. The van der Waals surface area contributed by atoms with Gasteiger partial charge < -0.3 is 10.1 Å². The summed E-state index contributed by atoms with van der Waals surface area (Å²) >= 11 is 2.75. The summed E-state index contributed by atoms with van der Waals surface area (Å²) in [7, 11) is 0. The van der Waals surface area contributed by atoms with Gasteiger partial charge in [0.15, 0.2) is 0 Å². The molecular formula is C16H13N5O3S2. The van der Waals surface area contributed by atoms with Crippen LogP contribution in [-0.4, -0.2) is 33.2 Å². The molecule has 1 N–H and O–H groups in total. The van der Waals surface area contributed by atoms with Crippen LogP contribution in [0.5, 0.6) is 0 Å². The normalized spacial score (nSPS) is 10.3. The van der Waals surface area contributed by atoms with Crippen LogP contribution in [0.3, 0.4) is 0 Å². The summed E-state index contributed by atoms with van der Waals surface area (Å²) in [6, 6.07) is 5.59. The number of rotatable bonds is 6. The van der Waals surface area contributed by atoms with E-state index in [0.717, 1.165) is 10.4 Å². The zero-order valence-corrected chi connectivity index (χ0v) is 15.3. The highest BCUT2D eigenvalue weighted by Crippen LogP contribution is 2.38. The number of amides is 1. The van der Waals surface area contributed by atoms with Gasteiger partial charge >= 0.3 is 5.97 Å². The molecule has 10 heteroatoms. The Bertz CT molecular complexity index is 969. The number of thiophene rings is 2. The summed E-state index contributed by atoms with van der Waals surface area (Å²) in [5, 5.41) is 19.4. The third-order valence-electron chi connectivity index (χ3n) is 3.25. The molecule has 0 atom stereocenters. The summed E-state index contributed by atoms with van der Waals surface area (Å²) in [6.07, 6.45) is 1.30. The number of carbonyl (C=O) groups is 2. The van der Waals surface area contributed by atoms with Crippen LogP contribution in [0.4, 0.5) is 5.00 Å². The maximum absolute atomic E-state index is 12.4. The molecule has 0 unspecified atom stereocenters. The molecule has 0 fully saturated rings. The molecule has 3 aromatic heterocycles. The fourth-order valence-electron chi connectivity index (χ4n) is 2.20. The molecule has 3 rings (SSSR count). The molecule has 3 aromatic rings. The monoisotopic (exact) mass is 387 g/mol. The Morgan fingerprint density at radius 2 is 2.27 bits per heavy atom. The second-order valence-electron chi connectivity index (χ2n) is 4.98. The molecule has 0 saturated carbocycles. The lowest BCUT2D eigenvalue weighted by molar-refractivity contribution is -0.116. The van der Waals surface area contributed by atoms with Crippen molar-refractivity contribution in [2.75, 3.05) is 11.9 Å². The SMILES string of the molecule is CCOC(=O)c1c(-c2cccs2)csc1NC(=O)Cn1cnc(C#N)n1. The molecule has 0 aliphatic carbocycles. The lowest BCUT2D eigenvalue weighted by Gasteiger charge is -2.08. The minimum Gasteiger partial charge on any atom is -0.462 e. The molecule has 26 heavy (non-hydrogen) atoms. The predicted octanol–water partition coefficient (Wildman–Crippen LogP) is 2.76. The van der Waals surface area contributed by atoms with Crippen LogP contribution in [0, 0.1) is 11.3 Å². The number of anilines is 1. The Morgan fingerprint density at radius 1 is 1.42 bits per heavy atom. The number of nitriles is 1. The highest BCUT2D eigenvalue weighted by Gasteiger charge is 2.23. The van der Waals surface area contributed by atoms with Crippen LogP contribution in [0.2, 0.25) is 0 Å². The third kappa shape index (κ3) is 3.79. The number of esters is 1. The maximum Gasteiger partial charge on any atom is 0.341 e. The average Bonchev–Trinajstić information content (AvgIpc) is 3.35. The summed E-state index contributed by atoms with van der Waals surface area (Å²) in [6.45, 7) is 1.84. The number of carbonyl (C=O) groups excluding carboxylic acids is 2. The van der Waals surface area contributed by atoms with Crippen molar-refractivity contribution in [2.24, 2.45) is 0 Å². The molecule has 0 saturated heterocycles. The van der Waals surface area contributed by atoms with E-state index in [-0.39, 0.29) is 24.9 Å². The van der Waals surface area contributed by atoms with Gasteiger partial charge in [-0.05, 0) is 18.4 Å². The van der Waals surface area contributed by atoms with Gasteiger partial charge in [-0.1, -0.05) is 6.07 Å². The predicted molar refractivity (Wildman–Crippen MR) is 97.0 cm³/mol. The van der Waals surface area contributed by atoms with Crippen LogP contribution in [-0.2, 0) is 16.1 Å². The molecule has 0 aromatic carbocycles. The van der Waals surface area contributed by atoms with Gasteiger partial charge in [0.1, 0.15) is 29.5 Å². The average molecular weight is 387 g/mol. The zero-order valence-electron chi connectivity index (χ0n) is 13.6. The number of ether oxygens (including phenoxy) is 1. The van der Waals surface area contributed by atoms with Crippen molar-refractivity contribution in [3.05, 3.63) is 40.6 Å². The molecule has 0 aliphatic heterocycles. The highest BCUT2D eigenvalue weighted by atomic mass is 32.1. The molecule has 132 valence electrons. The Hall–Kier alpha value is -3.03. The summed E-state index contributed by atoms with van der Waals surface area (Å²) < 4.78 is 6.40. The van der Waals surface area contributed by atoms with E-state index in [1.54, 1.807) is 13.0 Å². The van der Waals surface area contributed by atoms with Gasteiger partial charge in [0.2, 0.25) is 5.91 Å². The number of nitrogens with one attached hydrogen (secondary N) is 1. The molecule has 0 spiro atoms. The van der Waals surface area contributed by atoms with Crippen molar-refractivity contribution in [3.63, 3.8) is 0 Å². The van der Waals surface area contributed by atoms with Crippen molar-refractivity contribution in [1.82, 2.24) is 14.8 Å². The Balaban J connectivity index is 1.83. The van der Waals surface area contributed by atoms with Crippen LogP contribution in [0.1, 0.15) is 23.1 Å². The second-order valence-corrected chi connectivity index (χ2v) is 6.80. The standard InChI is InChI=1S/C16H13N5O3S2/c1-2-24-16(23)14-10(11-4-3-5-25-11)8-26-15(14)19-13(22)7-21-9-18-12(6-17)20-21/h3-5,8-9H,2,7H2,1H3,(H,19,22). The van der Waals surface area contributed by atoms with Crippen molar-refractivity contribution in [3.8, 4) is 16.5 Å². The van der Waals surface area contributed by atoms with Gasteiger partial charge in [0.25, 0.3) is 5.82 Å². The van der Waals surface area contributed by atoms with E-state index >= 15 is 0 Å². The lowest BCUT2D eigenvalue weighted by Crippen LogP contribution is -2.20. The quantitative estimate of drug-likeness (QED) is 0.651. The molecule has 3 heterocycles. The topological polar surface area (TPSA) is 110 Å². The van der Waals surface area contributed by atoms with Gasteiger partial charge in [-0.2, -0.15) is 5.26 Å². The molecule has 0 aliphatic rings. The van der Waals surface area contributed by atoms with Crippen molar-refractivity contribution in [1.29, 1.82) is 5.26 Å². The number of nitrogens with zero attached hydrogens (tertiary/aromatic N) is 4. The van der Waals surface area contributed by atoms with E-state index in [9.17, 15) is 9.59 Å². The smallest absolute Gasteiger partial charge is 0.341 e. The molecule has 0 bridgehead atoms. The van der Waals surface area contributed by atoms with Gasteiger partial charge in [-0.15, -0.1) is 27.8 Å². The van der Waals surface area contributed by atoms with Gasteiger partial charge in [-0.25, -0.2) is 14.5 Å². The van der Waals surface area contributed by atoms with Crippen LogP contribution in [0.15, 0.2) is 29.2 Å². The highest BCUT2D eigenvalue weighted by molar-refractivity contribution is 7.17. The first-order chi connectivity index (χ1) is 12.6. The molecule has 8 nitrogen and oxygen atoms in total. The summed E-state index contributed by atoms with van der Waals surface area (Å²) in [5.41, 5.74) is 1.07. The van der Waals surface area contributed by atoms with Crippen molar-refractivity contribution >= 4 is 39.6 Å². The largest absolute Gasteiger partial charge is 0.462 e. The fourth-order valence-corrected chi connectivity index (χ4v) is 3.99. The van der Waals surface area contributed by atoms with E-state index in [4.69, 9.17) is 10.00 Å². The minimum absolute atomic E-state index is 0.0129. The van der Waals surface area contributed by atoms with Crippen molar-refractivity contribution in [2.45, 2.75) is 13.5 Å². The van der Waals surface area contributed by atoms with E-state index in [1.807, 2.05) is 22.9 Å². The van der Waals surface area contributed by atoms with E-state index in [2.05, 4.69) is 15.4 Å². The molecular weight excluding hydrogens is 374 g/mol. The van der Waals surface area contributed by atoms with E-state index in [0.29, 0.717) is 10.6 Å². The van der Waals surface area contributed by atoms with E-state index in [1.165, 1.54) is 33.7 Å². The fraction of sp³-hybridized carbons (Fsp3) is 0.188. The maximum atomic E-state index is 12.4.